The molecule has 2 aromatic carbocycles. The number of rotatable bonds is 4. The predicted octanol–water partition coefficient (Wildman–Crippen LogP) is 5.27. The van der Waals surface area contributed by atoms with E-state index in [0.29, 0.717) is 11.5 Å². The highest BCUT2D eigenvalue weighted by molar-refractivity contribution is 5.81. The van der Waals surface area contributed by atoms with Crippen molar-refractivity contribution >= 4 is 22.8 Å². The van der Waals surface area contributed by atoms with Gasteiger partial charge in [0.05, 0.1) is 11.1 Å². The van der Waals surface area contributed by atoms with Gasteiger partial charge in [0.15, 0.2) is 0 Å². The molecule has 4 rings (SSSR count). The van der Waals surface area contributed by atoms with E-state index in [9.17, 15) is 10.1 Å². The van der Waals surface area contributed by atoms with Crippen LogP contribution >= 0.6 is 0 Å². The molecule has 2 aromatic heterocycles. The fourth-order valence-corrected chi connectivity index (χ4v) is 3.19. The third kappa shape index (κ3) is 3.01. The fraction of sp³-hybridized carbons (Fsp3) is 0.0952. The molecule has 1 N–H and O–H groups in total. The Hall–Kier alpha value is -3.67. The summed E-state index contributed by atoms with van der Waals surface area (Å²) >= 11 is 0. The molecule has 6 nitrogen and oxygen atoms in total. The second kappa shape index (κ2) is 6.57. The molecule has 0 aliphatic rings. The third-order valence-corrected chi connectivity index (χ3v) is 4.59. The highest BCUT2D eigenvalue weighted by Gasteiger charge is 2.18. The smallest absolute Gasteiger partial charge is 0.286 e. The molecule has 0 aliphatic heterocycles. The zero-order valence-corrected chi connectivity index (χ0v) is 15.0. The lowest BCUT2D eigenvalue weighted by atomic mass is 10.1. The average Bonchev–Trinajstić information content (AvgIpc) is 3.03. The SMILES string of the molecule is Cc1cccc(C)c1Nc1c(-c2ccccc2)nc2ccc([N+](=O)[O-])cn12. The van der Waals surface area contributed by atoms with Crippen LogP contribution in [0.25, 0.3) is 16.9 Å². The number of nitrogens with one attached hydrogen (secondary N) is 1. The molecule has 134 valence electrons. The lowest BCUT2D eigenvalue weighted by Crippen LogP contribution is -2.01. The van der Waals surface area contributed by atoms with Gasteiger partial charge in [-0.3, -0.25) is 14.5 Å². The molecule has 0 fully saturated rings. The summed E-state index contributed by atoms with van der Waals surface area (Å²) in [5.74, 6) is 0.706. The van der Waals surface area contributed by atoms with Crippen LogP contribution in [0.5, 0.6) is 0 Å². The van der Waals surface area contributed by atoms with Crippen molar-refractivity contribution in [2.45, 2.75) is 13.8 Å². The number of aromatic nitrogens is 2. The van der Waals surface area contributed by atoms with Gasteiger partial charge >= 0.3 is 0 Å². The van der Waals surface area contributed by atoms with Crippen molar-refractivity contribution in [2.24, 2.45) is 0 Å². The molecule has 0 atom stereocenters. The Kier molecular flexibility index (Phi) is 4.08. The van der Waals surface area contributed by atoms with Crippen molar-refractivity contribution < 1.29 is 4.92 Å². The number of fused-ring (bicyclic) bond motifs is 1. The summed E-state index contributed by atoms with van der Waals surface area (Å²) in [6, 6.07) is 19.0. The van der Waals surface area contributed by atoms with Crippen LogP contribution in [0.4, 0.5) is 17.2 Å². The van der Waals surface area contributed by atoms with Crippen LogP contribution in [-0.4, -0.2) is 14.3 Å². The van der Waals surface area contributed by atoms with Crippen LogP contribution in [0.2, 0.25) is 0 Å². The van der Waals surface area contributed by atoms with E-state index in [1.165, 1.54) is 12.3 Å². The Morgan fingerprint density at radius 1 is 0.963 bits per heavy atom. The number of pyridine rings is 1. The Morgan fingerprint density at radius 2 is 1.67 bits per heavy atom. The molecule has 0 saturated heterocycles. The van der Waals surface area contributed by atoms with Gasteiger partial charge in [0.25, 0.3) is 5.69 Å². The minimum Gasteiger partial charge on any atom is -0.339 e. The summed E-state index contributed by atoms with van der Waals surface area (Å²) in [5, 5.41) is 14.7. The molecule has 0 unspecified atom stereocenters. The van der Waals surface area contributed by atoms with Gasteiger partial charge in [-0.25, -0.2) is 4.98 Å². The van der Waals surface area contributed by atoms with E-state index in [-0.39, 0.29) is 5.69 Å². The van der Waals surface area contributed by atoms with Crippen LogP contribution in [0.3, 0.4) is 0 Å². The van der Waals surface area contributed by atoms with Crippen molar-refractivity contribution in [1.29, 1.82) is 0 Å². The largest absolute Gasteiger partial charge is 0.339 e. The van der Waals surface area contributed by atoms with Crippen molar-refractivity contribution in [1.82, 2.24) is 9.38 Å². The molecule has 0 amide bonds. The molecule has 0 bridgehead atoms. The number of imidazole rings is 1. The molecular weight excluding hydrogens is 340 g/mol. The predicted molar refractivity (Wildman–Crippen MR) is 106 cm³/mol. The van der Waals surface area contributed by atoms with Crippen LogP contribution in [0.1, 0.15) is 11.1 Å². The highest BCUT2D eigenvalue weighted by Crippen LogP contribution is 2.34. The third-order valence-electron chi connectivity index (χ3n) is 4.59. The molecule has 4 aromatic rings. The van der Waals surface area contributed by atoms with Gasteiger partial charge in [0, 0.05) is 17.3 Å². The van der Waals surface area contributed by atoms with Crippen molar-refractivity contribution in [3.05, 3.63) is 88.1 Å². The molecular formula is C21H18N4O2. The van der Waals surface area contributed by atoms with E-state index in [1.54, 1.807) is 10.5 Å². The topological polar surface area (TPSA) is 72.5 Å². The fourth-order valence-electron chi connectivity index (χ4n) is 3.19. The zero-order valence-electron chi connectivity index (χ0n) is 15.0. The van der Waals surface area contributed by atoms with E-state index in [1.807, 2.05) is 62.4 Å². The van der Waals surface area contributed by atoms with Gasteiger partial charge in [0.2, 0.25) is 0 Å². The summed E-state index contributed by atoms with van der Waals surface area (Å²) in [4.78, 5) is 15.6. The summed E-state index contributed by atoms with van der Waals surface area (Å²) in [6.45, 7) is 4.06. The zero-order chi connectivity index (χ0) is 19.0. The van der Waals surface area contributed by atoms with Crippen LogP contribution in [-0.2, 0) is 0 Å². The van der Waals surface area contributed by atoms with Crippen molar-refractivity contribution in [2.75, 3.05) is 5.32 Å². The van der Waals surface area contributed by atoms with Gasteiger partial charge in [-0.1, -0.05) is 48.5 Å². The number of hydrogen-bond acceptors (Lipinski definition) is 4. The van der Waals surface area contributed by atoms with Crippen LogP contribution in [0.15, 0.2) is 66.9 Å². The van der Waals surface area contributed by atoms with E-state index < -0.39 is 4.92 Å². The Balaban J connectivity index is 1.97. The standard InChI is InChI=1S/C21H18N4O2/c1-14-7-6-8-15(2)19(14)23-21-20(16-9-4-3-5-10-16)22-18-12-11-17(25(26)27)13-24(18)21/h3-13,23H,1-2H3. The maximum atomic E-state index is 11.3. The van der Waals surface area contributed by atoms with Gasteiger partial charge in [-0.05, 0) is 31.0 Å². The number of nitro groups is 1. The summed E-state index contributed by atoms with van der Waals surface area (Å²) in [6.07, 6.45) is 1.50. The van der Waals surface area contributed by atoms with E-state index in [0.717, 1.165) is 28.1 Å². The molecule has 0 saturated carbocycles. The number of aryl methyl sites for hydroxylation is 2. The molecule has 6 heteroatoms. The monoisotopic (exact) mass is 358 g/mol. The quantitative estimate of drug-likeness (QED) is 0.398. The Morgan fingerprint density at radius 3 is 2.33 bits per heavy atom. The van der Waals surface area contributed by atoms with Gasteiger partial charge in [0.1, 0.15) is 17.2 Å². The first-order chi connectivity index (χ1) is 13.0. The summed E-state index contributed by atoms with van der Waals surface area (Å²) in [5.41, 5.74) is 5.51. The molecule has 27 heavy (non-hydrogen) atoms. The minimum atomic E-state index is -0.398. The first-order valence-corrected chi connectivity index (χ1v) is 8.60. The van der Waals surface area contributed by atoms with E-state index in [4.69, 9.17) is 4.98 Å². The first kappa shape index (κ1) is 16.8. The van der Waals surface area contributed by atoms with Crippen LogP contribution in [0, 0.1) is 24.0 Å². The van der Waals surface area contributed by atoms with Gasteiger partial charge in [-0.15, -0.1) is 0 Å². The summed E-state index contributed by atoms with van der Waals surface area (Å²) in [7, 11) is 0. The lowest BCUT2D eigenvalue weighted by Gasteiger charge is -2.14. The highest BCUT2D eigenvalue weighted by atomic mass is 16.6. The Bertz CT molecular complexity index is 1130. The normalized spacial score (nSPS) is 10.9. The van der Waals surface area contributed by atoms with Gasteiger partial charge in [-0.2, -0.15) is 0 Å². The number of nitrogens with zero attached hydrogens (tertiary/aromatic N) is 3. The van der Waals surface area contributed by atoms with E-state index in [2.05, 4.69) is 5.32 Å². The second-order valence-corrected chi connectivity index (χ2v) is 6.44. The number of hydrogen-bond donors (Lipinski definition) is 1. The Labute approximate surface area is 156 Å². The van der Waals surface area contributed by atoms with Crippen molar-refractivity contribution in [3.8, 4) is 11.3 Å². The molecule has 0 radical (unpaired) electrons. The maximum absolute atomic E-state index is 11.3. The maximum Gasteiger partial charge on any atom is 0.286 e. The number of para-hydroxylation sites is 1. The van der Waals surface area contributed by atoms with Gasteiger partial charge < -0.3 is 5.32 Å². The summed E-state index contributed by atoms with van der Waals surface area (Å²) < 4.78 is 1.74. The van der Waals surface area contributed by atoms with Crippen LogP contribution < -0.4 is 5.32 Å². The van der Waals surface area contributed by atoms with Crippen molar-refractivity contribution in [3.63, 3.8) is 0 Å². The lowest BCUT2D eigenvalue weighted by molar-refractivity contribution is -0.385. The average molecular weight is 358 g/mol. The molecule has 0 aliphatic carbocycles. The molecule has 2 heterocycles. The number of anilines is 2. The number of benzene rings is 2. The van der Waals surface area contributed by atoms with E-state index >= 15 is 0 Å². The first-order valence-electron chi connectivity index (χ1n) is 8.60. The minimum absolute atomic E-state index is 0.0177. The molecule has 0 spiro atoms. The second-order valence-electron chi connectivity index (χ2n) is 6.44.